The Morgan fingerprint density at radius 1 is 1.33 bits per heavy atom. The third-order valence-corrected chi connectivity index (χ3v) is 2.84. The number of nitrogens with two attached hydrogens (primary N) is 2. The molecule has 12 heavy (non-hydrogen) atoms. The van der Waals surface area contributed by atoms with Crippen molar-refractivity contribution >= 4 is 17.7 Å². The molecule has 0 bridgehead atoms. The van der Waals surface area contributed by atoms with Crippen LogP contribution in [-0.2, 0) is 18.1 Å². The molecule has 0 fully saturated rings. The summed E-state index contributed by atoms with van der Waals surface area (Å²) in [6, 6.07) is 0. The molecule has 0 saturated heterocycles. The van der Waals surface area contributed by atoms with E-state index in [0.29, 0.717) is 12.5 Å². The van der Waals surface area contributed by atoms with E-state index in [9.17, 15) is 0 Å². The topological polar surface area (TPSA) is 77.8 Å². The Kier molecular flexibility index (Phi) is 1.90. The summed E-state index contributed by atoms with van der Waals surface area (Å²) >= 11 is 1.83. The predicted molar refractivity (Wildman–Crippen MR) is 49.3 cm³/mol. The fraction of sp³-hybridized carbons (Fsp3) is 0.429. The molecule has 1 aliphatic heterocycles. The smallest absolute Gasteiger partial charge is 0.220 e. The number of thioether (sulfide) groups is 1. The Hall–Kier alpha value is -0.810. The molecular weight excluding hydrogens is 172 g/mol. The van der Waals surface area contributed by atoms with Crippen LogP contribution >= 0.6 is 11.8 Å². The second-order valence-electron chi connectivity index (χ2n) is 2.65. The van der Waals surface area contributed by atoms with Gasteiger partial charge < -0.3 is 11.5 Å². The molecule has 0 saturated carbocycles. The summed E-state index contributed by atoms with van der Waals surface area (Å²) in [5, 5.41) is 0. The number of anilines is 1. The molecule has 64 valence electrons. The number of nitrogens with zero attached hydrogens (tertiary/aromatic N) is 2. The lowest BCUT2D eigenvalue weighted by Gasteiger charge is -2.04. The van der Waals surface area contributed by atoms with Crippen LogP contribution in [0.4, 0.5) is 5.95 Å². The molecule has 0 aliphatic carbocycles. The highest BCUT2D eigenvalue weighted by Gasteiger charge is 2.17. The van der Waals surface area contributed by atoms with Crippen LogP contribution in [0.15, 0.2) is 0 Å². The van der Waals surface area contributed by atoms with Crippen LogP contribution in [0.1, 0.15) is 17.0 Å². The van der Waals surface area contributed by atoms with Crippen molar-refractivity contribution < 1.29 is 0 Å². The van der Waals surface area contributed by atoms with Gasteiger partial charge in [-0.1, -0.05) is 0 Å². The molecule has 0 spiro atoms. The predicted octanol–water partition coefficient (Wildman–Crippen LogP) is 0.264. The molecule has 2 heterocycles. The number of hydrogen-bond acceptors (Lipinski definition) is 5. The van der Waals surface area contributed by atoms with Crippen LogP contribution in [0.5, 0.6) is 0 Å². The van der Waals surface area contributed by atoms with Crippen molar-refractivity contribution in [1.82, 2.24) is 9.97 Å². The van der Waals surface area contributed by atoms with Crippen molar-refractivity contribution in [2.45, 2.75) is 18.1 Å². The van der Waals surface area contributed by atoms with Gasteiger partial charge in [0.05, 0.1) is 11.4 Å². The Bertz CT molecular complexity index is 313. The second kappa shape index (κ2) is 2.91. The highest BCUT2D eigenvalue weighted by atomic mass is 32.2. The maximum absolute atomic E-state index is 5.54. The van der Waals surface area contributed by atoms with E-state index in [1.165, 1.54) is 5.56 Å². The van der Waals surface area contributed by atoms with Gasteiger partial charge in [0.2, 0.25) is 5.95 Å². The van der Waals surface area contributed by atoms with Gasteiger partial charge in [0.25, 0.3) is 0 Å². The lowest BCUT2D eigenvalue weighted by Crippen LogP contribution is -2.09. The van der Waals surface area contributed by atoms with Crippen LogP contribution in [0.2, 0.25) is 0 Å². The minimum Gasteiger partial charge on any atom is -0.368 e. The quantitative estimate of drug-likeness (QED) is 0.651. The first-order valence-corrected chi connectivity index (χ1v) is 4.88. The molecule has 1 aromatic rings. The van der Waals surface area contributed by atoms with Crippen molar-refractivity contribution in [3.8, 4) is 0 Å². The Balaban J connectivity index is 2.55. The van der Waals surface area contributed by atoms with Crippen molar-refractivity contribution in [2.24, 2.45) is 5.73 Å². The fourth-order valence-corrected chi connectivity index (χ4v) is 2.38. The van der Waals surface area contributed by atoms with Crippen LogP contribution in [0.25, 0.3) is 0 Å². The van der Waals surface area contributed by atoms with Gasteiger partial charge in [0.1, 0.15) is 0 Å². The Morgan fingerprint density at radius 2 is 2.17 bits per heavy atom. The number of hydrogen-bond donors (Lipinski definition) is 2. The zero-order chi connectivity index (χ0) is 8.55. The summed E-state index contributed by atoms with van der Waals surface area (Å²) in [5.41, 5.74) is 14.2. The van der Waals surface area contributed by atoms with Crippen LogP contribution in [0, 0.1) is 0 Å². The van der Waals surface area contributed by atoms with Crippen molar-refractivity contribution in [3.63, 3.8) is 0 Å². The molecule has 0 radical (unpaired) electrons. The molecule has 0 atom stereocenters. The molecule has 1 aromatic heterocycles. The van der Waals surface area contributed by atoms with Gasteiger partial charge in [-0.2, -0.15) is 11.8 Å². The maximum Gasteiger partial charge on any atom is 0.220 e. The largest absolute Gasteiger partial charge is 0.368 e. The molecule has 1 aliphatic rings. The van der Waals surface area contributed by atoms with Gasteiger partial charge in [-0.25, -0.2) is 9.97 Å². The van der Waals surface area contributed by atoms with E-state index in [2.05, 4.69) is 9.97 Å². The second-order valence-corrected chi connectivity index (χ2v) is 3.64. The average molecular weight is 182 g/mol. The standard InChI is InChI=1S/C7H10N4S/c8-1-5-4-2-12-3-6(4)11-7(9)10-5/h1-3,8H2,(H2,9,10,11). The van der Waals surface area contributed by atoms with Crippen LogP contribution < -0.4 is 11.5 Å². The molecule has 2 rings (SSSR count). The maximum atomic E-state index is 5.54. The first kappa shape index (κ1) is 7.82. The minimum atomic E-state index is 0.344. The van der Waals surface area contributed by atoms with Gasteiger partial charge >= 0.3 is 0 Å². The third kappa shape index (κ3) is 1.15. The van der Waals surface area contributed by atoms with Gasteiger partial charge in [0.15, 0.2) is 0 Å². The zero-order valence-corrected chi connectivity index (χ0v) is 7.40. The highest BCUT2D eigenvalue weighted by molar-refractivity contribution is 7.98. The van der Waals surface area contributed by atoms with E-state index in [1.54, 1.807) is 0 Å². The summed E-state index contributed by atoms with van der Waals surface area (Å²) in [7, 11) is 0. The number of fused-ring (bicyclic) bond motifs is 1. The molecule has 4 nitrogen and oxygen atoms in total. The summed E-state index contributed by atoms with van der Waals surface area (Å²) < 4.78 is 0. The molecular formula is C7H10N4S. The monoisotopic (exact) mass is 182 g/mol. The van der Waals surface area contributed by atoms with Crippen LogP contribution in [0.3, 0.4) is 0 Å². The number of aromatic nitrogens is 2. The van der Waals surface area contributed by atoms with E-state index >= 15 is 0 Å². The highest BCUT2D eigenvalue weighted by Crippen LogP contribution is 2.30. The van der Waals surface area contributed by atoms with E-state index < -0.39 is 0 Å². The summed E-state index contributed by atoms with van der Waals surface area (Å²) in [6.07, 6.45) is 0. The molecule has 4 N–H and O–H groups in total. The van der Waals surface area contributed by atoms with Gasteiger partial charge in [-0.3, -0.25) is 0 Å². The third-order valence-electron chi connectivity index (χ3n) is 1.87. The first-order valence-electron chi connectivity index (χ1n) is 3.73. The first-order chi connectivity index (χ1) is 5.81. The van der Waals surface area contributed by atoms with E-state index in [4.69, 9.17) is 11.5 Å². The molecule has 0 aromatic carbocycles. The number of nitrogen functional groups attached to an aromatic ring is 1. The lowest BCUT2D eigenvalue weighted by atomic mass is 10.2. The Labute approximate surface area is 74.8 Å². The fourth-order valence-electron chi connectivity index (χ4n) is 1.31. The lowest BCUT2D eigenvalue weighted by molar-refractivity contribution is 0.930. The number of rotatable bonds is 1. The van der Waals surface area contributed by atoms with Crippen molar-refractivity contribution in [3.05, 3.63) is 17.0 Å². The van der Waals surface area contributed by atoms with Gasteiger partial charge in [-0.15, -0.1) is 0 Å². The molecule has 0 unspecified atom stereocenters. The van der Waals surface area contributed by atoms with Crippen molar-refractivity contribution in [2.75, 3.05) is 5.73 Å². The summed E-state index contributed by atoms with van der Waals surface area (Å²) in [4.78, 5) is 8.24. The molecule has 5 heteroatoms. The minimum absolute atomic E-state index is 0.344. The summed E-state index contributed by atoms with van der Waals surface area (Å²) in [6.45, 7) is 0.454. The van der Waals surface area contributed by atoms with E-state index in [0.717, 1.165) is 22.9 Å². The normalized spacial score (nSPS) is 14.8. The average Bonchev–Trinajstić information content (AvgIpc) is 2.50. The zero-order valence-electron chi connectivity index (χ0n) is 6.58. The Morgan fingerprint density at radius 3 is 2.92 bits per heavy atom. The van der Waals surface area contributed by atoms with E-state index in [1.807, 2.05) is 11.8 Å². The summed E-state index contributed by atoms with van der Waals surface area (Å²) in [5.74, 6) is 2.26. The van der Waals surface area contributed by atoms with Crippen molar-refractivity contribution in [1.29, 1.82) is 0 Å². The SMILES string of the molecule is NCc1nc(N)nc2c1CSC2. The molecule has 0 amide bonds. The van der Waals surface area contributed by atoms with E-state index in [-0.39, 0.29) is 0 Å². The van der Waals surface area contributed by atoms with Gasteiger partial charge in [0, 0.05) is 23.6 Å². The van der Waals surface area contributed by atoms with Crippen LogP contribution in [-0.4, -0.2) is 9.97 Å². The van der Waals surface area contributed by atoms with Gasteiger partial charge in [-0.05, 0) is 0 Å².